The number of hydrogen-bond donors (Lipinski definition) is 0. The second-order valence-electron chi connectivity index (χ2n) is 2.88. The minimum absolute atomic E-state index is 0.413. The zero-order valence-electron chi connectivity index (χ0n) is 7.03. The smallest absolute Gasteiger partial charge is 0.0592 e. The fourth-order valence-corrected chi connectivity index (χ4v) is 1.48. The maximum absolute atomic E-state index is 4.10. The van der Waals surface area contributed by atoms with Gasteiger partial charge in [-0.3, -0.25) is 4.99 Å². The average molecular weight is 149 g/mol. The Labute approximate surface area is 68.5 Å². The topological polar surface area (TPSA) is 12.4 Å². The van der Waals surface area contributed by atoms with Crippen molar-refractivity contribution in [2.45, 2.75) is 25.8 Å². The van der Waals surface area contributed by atoms with Crippen LogP contribution >= 0.6 is 0 Å². The van der Waals surface area contributed by atoms with Gasteiger partial charge in [-0.15, -0.1) is 0 Å². The van der Waals surface area contributed by atoms with Gasteiger partial charge in [-0.05, 0) is 26.5 Å². The van der Waals surface area contributed by atoms with Crippen LogP contribution in [0.2, 0.25) is 0 Å². The number of allylic oxidation sites excluding steroid dienone is 2. The Morgan fingerprint density at radius 3 is 2.82 bits per heavy atom. The van der Waals surface area contributed by atoms with Gasteiger partial charge < -0.3 is 0 Å². The van der Waals surface area contributed by atoms with Crippen molar-refractivity contribution in [3.63, 3.8) is 0 Å². The molecule has 1 nitrogen and oxygen atoms in total. The molecule has 60 valence electrons. The van der Waals surface area contributed by atoms with E-state index in [2.05, 4.69) is 42.9 Å². The molecule has 0 amide bonds. The van der Waals surface area contributed by atoms with Crippen molar-refractivity contribution in [3.8, 4) is 0 Å². The Hall–Kier alpha value is -0.850. The van der Waals surface area contributed by atoms with E-state index in [0.717, 1.165) is 12.8 Å². The van der Waals surface area contributed by atoms with E-state index in [9.17, 15) is 0 Å². The van der Waals surface area contributed by atoms with Gasteiger partial charge in [0.2, 0.25) is 0 Å². The van der Waals surface area contributed by atoms with E-state index in [0.29, 0.717) is 12.0 Å². The first-order valence-electron chi connectivity index (χ1n) is 4.12. The van der Waals surface area contributed by atoms with Crippen LogP contribution < -0.4 is 0 Å². The summed E-state index contributed by atoms with van der Waals surface area (Å²) in [4.78, 5) is 4.10. The van der Waals surface area contributed by atoms with Gasteiger partial charge in [0.1, 0.15) is 0 Å². The highest BCUT2D eigenvalue weighted by molar-refractivity contribution is 5.25. The molecule has 0 aromatic rings. The van der Waals surface area contributed by atoms with Gasteiger partial charge in [0.05, 0.1) is 6.04 Å². The SMILES string of the molecule is C=NC1CC=CCC1C=CC. The Bertz CT molecular complexity index is 179. The molecule has 0 radical (unpaired) electrons. The van der Waals surface area contributed by atoms with E-state index in [1.807, 2.05) is 0 Å². The van der Waals surface area contributed by atoms with Gasteiger partial charge in [-0.2, -0.15) is 0 Å². The highest BCUT2D eigenvalue weighted by Gasteiger charge is 2.17. The molecule has 0 heterocycles. The predicted molar refractivity (Wildman–Crippen MR) is 50.0 cm³/mol. The summed E-state index contributed by atoms with van der Waals surface area (Å²) < 4.78 is 0. The molecule has 0 aromatic heterocycles. The molecule has 0 spiro atoms. The molecular formula is C10H15N. The lowest BCUT2D eigenvalue weighted by molar-refractivity contribution is 0.496. The fraction of sp³-hybridized carbons (Fsp3) is 0.500. The molecule has 1 rings (SSSR count). The monoisotopic (exact) mass is 149 g/mol. The maximum atomic E-state index is 4.10. The van der Waals surface area contributed by atoms with Gasteiger partial charge in [0.15, 0.2) is 0 Å². The van der Waals surface area contributed by atoms with Gasteiger partial charge >= 0.3 is 0 Å². The molecule has 0 aromatic carbocycles. The second-order valence-corrected chi connectivity index (χ2v) is 2.88. The van der Waals surface area contributed by atoms with Crippen LogP contribution in [0.1, 0.15) is 19.8 Å². The zero-order valence-corrected chi connectivity index (χ0v) is 7.03. The Morgan fingerprint density at radius 2 is 2.18 bits per heavy atom. The summed E-state index contributed by atoms with van der Waals surface area (Å²) in [6.07, 6.45) is 10.9. The molecule has 1 aliphatic carbocycles. The van der Waals surface area contributed by atoms with Crippen LogP contribution in [-0.4, -0.2) is 12.8 Å². The summed E-state index contributed by atoms with van der Waals surface area (Å²) in [6.45, 7) is 5.65. The Kier molecular flexibility index (Phi) is 3.09. The molecule has 0 bridgehead atoms. The van der Waals surface area contributed by atoms with E-state index in [4.69, 9.17) is 0 Å². The minimum atomic E-state index is 0.413. The lowest BCUT2D eigenvalue weighted by Crippen LogP contribution is -2.17. The highest BCUT2D eigenvalue weighted by Crippen LogP contribution is 2.22. The number of rotatable bonds is 2. The molecule has 1 heteroatoms. The summed E-state index contributed by atoms with van der Waals surface area (Å²) in [7, 11) is 0. The van der Waals surface area contributed by atoms with Crippen molar-refractivity contribution < 1.29 is 0 Å². The molecule has 0 N–H and O–H groups in total. The van der Waals surface area contributed by atoms with Crippen molar-refractivity contribution in [1.29, 1.82) is 0 Å². The van der Waals surface area contributed by atoms with Crippen LogP contribution in [0, 0.1) is 5.92 Å². The van der Waals surface area contributed by atoms with Crippen LogP contribution in [0.25, 0.3) is 0 Å². The average Bonchev–Trinajstić information content (AvgIpc) is 2.06. The first-order valence-corrected chi connectivity index (χ1v) is 4.12. The lowest BCUT2D eigenvalue weighted by atomic mass is 9.89. The molecule has 2 unspecified atom stereocenters. The predicted octanol–water partition coefficient (Wildman–Crippen LogP) is 2.60. The quantitative estimate of drug-likeness (QED) is 0.422. The van der Waals surface area contributed by atoms with Crippen molar-refractivity contribution in [2.75, 3.05) is 0 Å². The number of aliphatic imine (C=N–C) groups is 1. The van der Waals surface area contributed by atoms with Crippen molar-refractivity contribution in [1.82, 2.24) is 0 Å². The first-order chi connectivity index (χ1) is 5.38. The van der Waals surface area contributed by atoms with Crippen LogP contribution in [0.3, 0.4) is 0 Å². The summed E-state index contributed by atoms with van der Waals surface area (Å²) >= 11 is 0. The zero-order chi connectivity index (χ0) is 8.10. The Morgan fingerprint density at radius 1 is 1.45 bits per heavy atom. The van der Waals surface area contributed by atoms with Crippen LogP contribution in [0.5, 0.6) is 0 Å². The summed E-state index contributed by atoms with van der Waals surface area (Å²) in [5.41, 5.74) is 0. The molecule has 2 atom stereocenters. The largest absolute Gasteiger partial charge is 0.297 e. The van der Waals surface area contributed by atoms with Crippen molar-refractivity contribution >= 4 is 6.72 Å². The third-order valence-electron chi connectivity index (χ3n) is 2.12. The molecular weight excluding hydrogens is 134 g/mol. The first kappa shape index (κ1) is 8.25. The normalized spacial score (nSPS) is 31.0. The molecule has 0 aliphatic heterocycles. The van der Waals surface area contributed by atoms with Gasteiger partial charge in [-0.1, -0.05) is 24.3 Å². The van der Waals surface area contributed by atoms with Crippen LogP contribution in [0.15, 0.2) is 29.3 Å². The molecule has 0 saturated heterocycles. The second kappa shape index (κ2) is 4.12. The summed E-state index contributed by atoms with van der Waals surface area (Å²) in [6, 6.07) is 0.413. The molecule has 11 heavy (non-hydrogen) atoms. The Balaban J connectivity index is 2.60. The van der Waals surface area contributed by atoms with Gasteiger partial charge in [-0.25, -0.2) is 0 Å². The number of nitrogens with zero attached hydrogens (tertiary/aromatic N) is 1. The third kappa shape index (κ3) is 2.04. The molecule has 0 saturated carbocycles. The summed E-state index contributed by atoms with van der Waals surface area (Å²) in [5.74, 6) is 0.586. The van der Waals surface area contributed by atoms with Crippen molar-refractivity contribution in [3.05, 3.63) is 24.3 Å². The van der Waals surface area contributed by atoms with Crippen LogP contribution in [-0.2, 0) is 0 Å². The minimum Gasteiger partial charge on any atom is -0.297 e. The van der Waals surface area contributed by atoms with E-state index < -0.39 is 0 Å². The number of hydrogen-bond acceptors (Lipinski definition) is 1. The standard InChI is InChI=1S/C10H15N/c1-3-6-9-7-4-5-8-10(9)11-2/h3-6,9-10H,2,7-8H2,1H3. The van der Waals surface area contributed by atoms with E-state index >= 15 is 0 Å². The van der Waals surface area contributed by atoms with E-state index in [1.54, 1.807) is 0 Å². The molecule has 0 fully saturated rings. The van der Waals surface area contributed by atoms with E-state index in [-0.39, 0.29) is 0 Å². The van der Waals surface area contributed by atoms with Gasteiger partial charge in [0.25, 0.3) is 0 Å². The summed E-state index contributed by atoms with van der Waals surface area (Å²) in [5, 5.41) is 0. The van der Waals surface area contributed by atoms with Gasteiger partial charge in [0, 0.05) is 5.92 Å². The molecule has 1 aliphatic rings. The fourth-order valence-electron chi connectivity index (χ4n) is 1.48. The van der Waals surface area contributed by atoms with E-state index in [1.165, 1.54) is 0 Å². The van der Waals surface area contributed by atoms with Crippen molar-refractivity contribution in [2.24, 2.45) is 10.9 Å². The third-order valence-corrected chi connectivity index (χ3v) is 2.12. The van der Waals surface area contributed by atoms with Crippen LogP contribution in [0.4, 0.5) is 0 Å². The lowest BCUT2D eigenvalue weighted by Gasteiger charge is -2.21. The highest BCUT2D eigenvalue weighted by atomic mass is 14.8. The maximum Gasteiger partial charge on any atom is 0.0592 e.